The van der Waals surface area contributed by atoms with Crippen LogP contribution in [0, 0.1) is 5.41 Å². The highest BCUT2D eigenvalue weighted by molar-refractivity contribution is 5.91. The molecule has 1 saturated carbocycles. The standard InChI is InChI=1S/C59H85N9O8/c1-42(60-6)53(71)63-48(28-18-34-62-57(75)76-41-46-25-15-10-16-26-46)55(73)68-36-20-33-59(68)39-49(59)67(38-32-45-23-13-9-14-24-45)51(70)30-17-29-50(69)65(37-31-44-21-11-8-12-22-44)40-47-27-19-35-66(47)56(74)52(58(3,4)5)64-54(72)43(2)61-7/h8-16,21-26,42-43,47-49,52,60-61H,17-20,27-41H2,1-7H3,(H,62,75)(H,63,71)(H,64,72)/t42-,43-,47-,48-,49?,52+,59?/m0/s1. The zero-order chi connectivity index (χ0) is 54.8. The van der Waals surface area contributed by atoms with Gasteiger partial charge in [0.15, 0.2) is 0 Å². The Morgan fingerprint density at radius 3 is 1.89 bits per heavy atom. The molecule has 7 atom stereocenters. The van der Waals surface area contributed by atoms with Gasteiger partial charge in [-0.3, -0.25) is 28.8 Å². The predicted molar refractivity (Wildman–Crippen MR) is 293 cm³/mol. The van der Waals surface area contributed by atoms with Crippen LogP contribution in [0.2, 0.25) is 0 Å². The van der Waals surface area contributed by atoms with Gasteiger partial charge in [-0.2, -0.15) is 0 Å². The van der Waals surface area contributed by atoms with E-state index in [1.165, 1.54) is 0 Å². The fraction of sp³-hybridized carbons (Fsp3) is 0.576. The maximum absolute atomic E-state index is 14.7. The van der Waals surface area contributed by atoms with E-state index < -0.39 is 41.2 Å². The van der Waals surface area contributed by atoms with Gasteiger partial charge in [-0.15, -0.1) is 0 Å². The number of nitrogens with zero attached hydrogens (tertiary/aromatic N) is 4. The lowest BCUT2D eigenvalue weighted by molar-refractivity contribution is -0.142. The van der Waals surface area contributed by atoms with Gasteiger partial charge < -0.3 is 50.9 Å². The Kier molecular flexibility index (Phi) is 21.8. The molecular formula is C59H85N9O8. The average molecular weight is 1050 g/mol. The minimum absolute atomic E-state index is 0.0749. The summed E-state index contributed by atoms with van der Waals surface area (Å²) < 4.78 is 5.37. The van der Waals surface area contributed by atoms with E-state index in [9.17, 15) is 33.6 Å². The number of nitrogens with one attached hydrogen (secondary N) is 5. The number of likely N-dealkylation sites (tertiary alicyclic amines) is 2. The number of likely N-dealkylation sites (N-methyl/N-ethyl adjacent to an activating group) is 2. The zero-order valence-corrected chi connectivity index (χ0v) is 46.1. The second-order valence-corrected chi connectivity index (χ2v) is 22.0. The van der Waals surface area contributed by atoms with Gasteiger partial charge in [-0.1, -0.05) is 112 Å². The van der Waals surface area contributed by atoms with E-state index in [4.69, 9.17) is 4.74 Å². The zero-order valence-electron chi connectivity index (χ0n) is 46.1. The summed E-state index contributed by atoms with van der Waals surface area (Å²) >= 11 is 0. The third kappa shape index (κ3) is 16.3. The Balaban J connectivity index is 1.13. The van der Waals surface area contributed by atoms with Gasteiger partial charge in [0.25, 0.3) is 0 Å². The van der Waals surface area contributed by atoms with Crippen LogP contribution in [0.3, 0.4) is 0 Å². The highest BCUT2D eigenvalue weighted by atomic mass is 16.5. The molecule has 0 aromatic heterocycles. The minimum atomic E-state index is -0.853. The van der Waals surface area contributed by atoms with E-state index in [0.29, 0.717) is 71.2 Å². The van der Waals surface area contributed by atoms with Crippen LogP contribution in [0.15, 0.2) is 91.0 Å². The molecule has 2 heterocycles. The largest absolute Gasteiger partial charge is 0.445 e. The van der Waals surface area contributed by atoms with Gasteiger partial charge in [0.05, 0.1) is 23.7 Å². The molecule has 3 aromatic carbocycles. The molecule has 0 radical (unpaired) electrons. The summed E-state index contributed by atoms with van der Waals surface area (Å²) in [6, 6.07) is 26.3. The summed E-state index contributed by atoms with van der Waals surface area (Å²) in [5, 5.41) is 14.7. The number of carbonyl (C=O) groups excluding carboxylic acids is 7. The number of rotatable bonds is 27. The number of hydrogen-bond acceptors (Lipinski definition) is 10. The van der Waals surface area contributed by atoms with Gasteiger partial charge in [-0.25, -0.2) is 4.79 Å². The molecule has 3 aliphatic rings. The molecule has 1 aliphatic carbocycles. The summed E-state index contributed by atoms with van der Waals surface area (Å²) in [6.45, 7) is 11.9. The molecule has 2 unspecified atom stereocenters. The Morgan fingerprint density at radius 2 is 1.29 bits per heavy atom. The first kappa shape index (κ1) is 58.9. The summed E-state index contributed by atoms with van der Waals surface area (Å²) in [6.07, 6.45) is 5.56. The first-order valence-electron chi connectivity index (χ1n) is 27.6. The van der Waals surface area contributed by atoms with Crippen molar-refractivity contribution in [2.45, 2.75) is 160 Å². The van der Waals surface area contributed by atoms with E-state index in [1.807, 2.05) is 131 Å². The minimum Gasteiger partial charge on any atom is -0.445 e. The molecule has 76 heavy (non-hydrogen) atoms. The monoisotopic (exact) mass is 1050 g/mol. The lowest BCUT2D eigenvalue weighted by atomic mass is 9.85. The molecule has 3 fully saturated rings. The number of carbonyl (C=O) groups is 7. The number of benzene rings is 3. The highest BCUT2D eigenvalue weighted by Gasteiger charge is 2.65. The summed E-state index contributed by atoms with van der Waals surface area (Å²) in [5.41, 5.74) is 1.89. The van der Waals surface area contributed by atoms with Crippen molar-refractivity contribution in [2.24, 2.45) is 5.41 Å². The lowest BCUT2D eigenvalue weighted by Crippen LogP contribution is -2.59. The van der Waals surface area contributed by atoms with Crippen LogP contribution in [0.1, 0.15) is 116 Å². The lowest BCUT2D eigenvalue weighted by Gasteiger charge is -2.37. The molecule has 17 nitrogen and oxygen atoms in total. The summed E-state index contributed by atoms with van der Waals surface area (Å²) in [5.74, 6) is -1.08. The molecule has 414 valence electrons. The third-order valence-electron chi connectivity index (χ3n) is 15.5. The fourth-order valence-electron chi connectivity index (χ4n) is 10.7. The molecule has 7 amide bonds. The molecule has 0 bridgehead atoms. The van der Waals surface area contributed by atoms with Crippen molar-refractivity contribution in [3.63, 3.8) is 0 Å². The van der Waals surface area contributed by atoms with Crippen LogP contribution < -0.4 is 26.6 Å². The number of amides is 7. The normalized spacial score (nSPS) is 19.5. The SMILES string of the molecule is CN[C@@H](C)C(=O)N[C@@H](CCCNC(=O)OCc1ccccc1)C(=O)N1CCCC12CC2N(CCc1ccccc1)C(=O)CCCC(=O)N(CCc1ccccc1)C[C@@H]1CCCN1C(=O)[C@@H](NC(=O)[C@H](C)NC)C(C)(C)C. The van der Waals surface area contributed by atoms with Crippen LogP contribution in [-0.2, 0) is 53.0 Å². The molecule has 6 rings (SSSR count). The van der Waals surface area contributed by atoms with E-state index in [0.717, 1.165) is 36.0 Å². The number of hydrogen-bond donors (Lipinski definition) is 5. The van der Waals surface area contributed by atoms with Crippen molar-refractivity contribution in [3.8, 4) is 0 Å². The average Bonchev–Trinajstić information content (AvgIpc) is 3.68. The number of alkyl carbamates (subject to hydrolysis) is 1. The fourth-order valence-corrected chi connectivity index (χ4v) is 10.7. The number of ether oxygens (including phenoxy) is 1. The van der Waals surface area contributed by atoms with Crippen molar-refractivity contribution < 1.29 is 38.3 Å². The van der Waals surface area contributed by atoms with E-state index in [1.54, 1.807) is 27.9 Å². The Labute approximate surface area is 451 Å². The van der Waals surface area contributed by atoms with Gasteiger partial charge in [-0.05, 0) is 114 Å². The van der Waals surface area contributed by atoms with E-state index in [2.05, 4.69) is 26.6 Å². The molecule has 2 saturated heterocycles. The van der Waals surface area contributed by atoms with Crippen LogP contribution in [0.4, 0.5) is 4.79 Å². The Hall–Kier alpha value is -6.33. The topological polar surface area (TPSA) is 202 Å². The maximum Gasteiger partial charge on any atom is 0.407 e. The van der Waals surface area contributed by atoms with Crippen molar-refractivity contribution in [3.05, 3.63) is 108 Å². The smallest absolute Gasteiger partial charge is 0.407 e. The van der Waals surface area contributed by atoms with Crippen LogP contribution >= 0.6 is 0 Å². The van der Waals surface area contributed by atoms with Crippen molar-refractivity contribution in [2.75, 3.05) is 53.4 Å². The molecule has 1 spiro atoms. The molecular weight excluding hydrogens is 963 g/mol. The maximum atomic E-state index is 14.7. The second-order valence-electron chi connectivity index (χ2n) is 22.0. The second kappa shape index (κ2) is 28.2. The quantitative estimate of drug-likeness (QED) is 0.0619. The Morgan fingerprint density at radius 1 is 0.711 bits per heavy atom. The van der Waals surface area contributed by atoms with Crippen LogP contribution in [0.5, 0.6) is 0 Å². The van der Waals surface area contributed by atoms with Gasteiger partial charge in [0, 0.05) is 58.2 Å². The molecule has 2 aliphatic heterocycles. The van der Waals surface area contributed by atoms with Gasteiger partial charge in [0.2, 0.25) is 35.4 Å². The third-order valence-corrected chi connectivity index (χ3v) is 15.5. The van der Waals surface area contributed by atoms with Gasteiger partial charge in [0.1, 0.15) is 18.7 Å². The van der Waals surface area contributed by atoms with Crippen molar-refractivity contribution in [1.29, 1.82) is 0 Å². The highest BCUT2D eigenvalue weighted by Crippen LogP contribution is 2.53. The first-order valence-corrected chi connectivity index (χ1v) is 27.6. The Bertz CT molecular complexity index is 2390. The molecule has 17 heteroatoms. The van der Waals surface area contributed by atoms with Crippen LogP contribution in [-0.4, -0.2) is 156 Å². The summed E-state index contributed by atoms with van der Waals surface area (Å²) in [4.78, 5) is 105. The van der Waals surface area contributed by atoms with E-state index >= 15 is 0 Å². The van der Waals surface area contributed by atoms with Gasteiger partial charge >= 0.3 is 6.09 Å². The van der Waals surface area contributed by atoms with E-state index in [-0.39, 0.29) is 79.9 Å². The molecule has 3 aromatic rings. The van der Waals surface area contributed by atoms with Crippen molar-refractivity contribution in [1.82, 2.24) is 46.2 Å². The summed E-state index contributed by atoms with van der Waals surface area (Å²) in [7, 11) is 3.39. The van der Waals surface area contributed by atoms with Crippen molar-refractivity contribution >= 4 is 41.5 Å². The predicted octanol–water partition coefficient (Wildman–Crippen LogP) is 5.36. The first-order chi connectivity index (χ1) is 36.4. The van der Waals surface area contributed by atoms with Crippen LogP contribution in [0.25, 0.3) is 0 Å². The molecule has 5 N–H and O–H groups in total.